The molecule has 2 aliphatic rings. The Morgan fingerprint density at radius 3 is 2.38 bits per heavy atom. The molecule has 21 heavy (non-hydrogen) atoms. The topological polar surface area (TPSA) is 58.8 Å². The van der Waals surface area contributed by atoms with Gasteiger partial charge in [-0.25, -0.2) is 0 Å². The van der Waals surface area contributed by atoms with Crippen LogP contribution >= 0.6 is 0 Å². The van der Waals surface area contributed by atoms with Crippen molar-refractivity contribution >= 4 is 5.91 Å². The van der Waals surface area contributed by atoms with E-state index in [2.05, 4.69) is 11.8 Å². The van der Waals surface area contributed by atoms with Crippen molar-refractivity contribution in [3.63, 3.8) is 0 Å². The van der Waals surface area contributed by atoms with E-state index >= 15 is 0 Å². The molecule has 1 amide bonds. The average molecular weight is 297 g/mol. The van der Waals surface area contributed by atoms with Crippen LogP contribution in [-0.4, -0.2) is 68.2 Å². The third kappa shape index (κ3) is 4.18. The highest BCUT2D eigenvalue weighted by molar-refractivity contribution is 5.82. The van der Waals surface area contributed by atoms with E-state index in [-0.39, 0.29) is 11.3 Å². The van der Waals surface area contributed by atoms with Gasteiger partial charge in [-0.2, -0.15) is 0 Å². The highest BCUT2D eigenvalue weighted by Crippen LogP contribution is 2.26. The molecule has 1 unspecified atom stereocenters. The minimum Gasteiger partial charge on any atom is -0.379 e. The van der Waals surface area contributed by atoms with Crippen LogP contribution in [-0.2, 0) is 9.53 Å². The van der Waals surface area contributed by atoms with Gasteiger partial charge in [0.15, 0.2) is 0 Å². The number of piperidine rings is 1. The highest BCUT2D eigenvalue weighted by Gasteiger charge is 2.35. The largest absolute Gasteiger partial charge is 0.379 e. The second kappa shape index (κ2) is 7.56. The van der Waals surface area contributed by atoms with Crippen LogP contribution in [0.5, 0.6) is 0 Å². The summed E-state index contributed by atoms with van der Waals surface area (Å²) in [6.07, 6.45) is 3.05. The van der Waals surface area contributed by atoms with Crippen molar-refractivity contribution in [3.8, 4) is 0 Å². The zero-order valence-electron chi connectivity index (χ0n) is 13.6. The minimum absolute atomic E-state index is 0.248. The first kappa shape index (κ1) is 16.7. The van der Waals surface area contributed by atoms with Crippen molar-refractivity contribution in [1.82, 2.24) is 9.80 Å². The van der Waals surface area contributed by atoms with E-state index in [0.717, 1.165) is 71.1 Å². The average Bonchev–Trinajstić information content (AvgIpc) is 2.55. The Balaban J connectivity index is 1.78. The summed E-state index contributed by atoms with van der Waals surface area (Å²) in [6, 6.07) is 0. The lowest BCUT2D eigenvalue weighted by Gasteiger charge is -2.39. The van der Waals surface area contributed by atoms with Gasteiger partial charge in [0, 0.05) is 39.3 Å². The van der Waals surface area contributed by atoms with Crippen molar-refractivity contribution in [2.45, 2.75) is 33.1 Å². The van der Waals surface area contributed by atoms with Crippen LogP contribution in [0.3, 0.4) is 0 Å². The molecule has 0 aromatic rings. The van der Waals surface area contributed by atoms with E-state index in [4.69, 9.17) is 10.5 Å². The predicted octanol–water partition coefficient (Wildman–Crippen LogP) is 0.932. The molecule has 0 aromatic carbocycles. The van der Waals surface area contributed by atoms with Gasteiger partial charge in [-0.15, -0.1) is 0 Å². The number of morpholine rings is 1. The third-order valence-corrected chi connectivity index (χ3v) is 5.27. The van der Waals surface area contributed by atoms with Crippen molar-refractivity contribution in [2.75, 3.05) is 52.5 Å². The molecule has 0 radical (unpaired) electrons. The number of likely N-dealkylation sites (tertiary alicyclic amines) is 1. The maximum Gasteiger partial charge on any atom is 0.229 e. The summed E-state index contributed by atoms with van der Waals surface area (Å²) in [5, 5.41) is 0. The van der Waals surface area contributed by atoms with Crippen LogP contribution in [0.1, 0.15) is 33.1 Å². The summed E-state index contributed by atoms with van der Waals surface area (Å²) in [6.45, 7) is 11.3. The lowest BCUT2D eigenvalue weighted by molar-refractivity contribution is -0.142. The van der Waals surface area contributed by atoms with E-state index in [1.54, 1.807) is 0 Å². The van der Waals surface area contributed by atoms with Gasteiger partial charge in [0.2, 0.25) is 5.91 Å². The molecule has 0 saturated carbocycles. The fourth-order valence-electron chi connectivity index (χ4n) is 3.23. The smallest absolute Gasteiger partial charge is 0.229 e. The van der Waals surface area contributed by atoms with E-state index in [9.17, 15) is 4.79 Å². The summed E-state index contributed by atoms with van der Waals surface area (Å²) in [7, 11) is 0. The van der Waals surface area contributed by atoms with Crippen LogP contribution in [0.2, 0.25) is 0 Å². The predicted molar refractivity (Wildman–Crippen MR) is 84.0 cm³/mol. The Bertz CT molecular complexity index is 330. The molecule has 2 rings (SSSR count). The van der Waals surface area contributed by atoms with Crippen LogP contribution in [0.4, 0.5) is 0 Å². The number of nitrogens with two attached hydrogens (primary N) is 1. The molecular weight excluding hydrogens is 266 g/mol. The second-order valence-electron chi connectivity index (χ2n) is 6.77. The second-order valence-corrected chi connectivity index (χ2v) is 6.77. The molecule has 2 saturated heterocycles. The quantitative estimate of drug-likeness (QED) is 0.820. The fourth-order valence-corrected chi connectivity index (χ4v) is 3.23. The molecule has 122 valence electrons. The Hall–Kier alpha value is -0.650. The standard InChI is InChI=1S/C16H31N3O2/c1-3-16(2,13-17)15(20)19-6-4-14(5-7-19)12-18-8-10-21-11-9-18/h14H,3-13,17H2,1-2H3. The summed E-state index contributed by atoms with van der Waals surface area (Å²) < 4.78 is 5.39. The molecule has 5 nitrogen and oxygen atoms in total. The maximum atomic E-state index is 12.6. The van der Waals surface area contributed by atoms with E-state index < -0.39 is 0 Å². The Morgan fingerprint density at radius 1 is 1.24 bits per heavy atom. The molecule has 2 N–H and O–H groups in total. The van der Waals surface area contributed by atoms with Crippen molar-refractivity contribution in [2.24, 2.45) is 17.1 Å². The number of carbonyl (C=O) groups excluding carboxylic acids is 1. The SMILES string of the molecule is CCC(C)(CN)C(=O)N1CCC(CN2CCOCC2)CC1. The molecule has 0 aromatic heterocycles. The lowest BCUT2D eigenvalue weighted by atomic mass is 9.84. The highest BCUT2D eigenvalue weighted by atomic mass is 16.5. The van der Waals surface area contributed by atoms with E-state index in [1.165, 1.54) is 0 Å². The number of rotatable bonds is 5. The molecule has 0 aliphatic carbocycles. The van der Waals surface area contributed by atoms with Crippen LogP contribution in [0.15, 0.2) is 0 Å². The molecule has 2 heterocycles. The first-order valence-electron chi connectivity index (χ1n) is 8.38. The van der Waals surface area contributed by atoms with Crippen molar-refractivity contribution in [1.29, 1.82) is 0 Å². The zero-order chi connectivity index (χ0) is 15.3. The van der Waals surface area contributed by atoms with Crippen LogP contribution in [0.25, 0.3) is 0 Å². The number of amides is 1. The summed E-state index contributed by atoms with van der Waals surface area (Å²) in [5.41, 5.74) is 5.43. The molecule has 2 aliphatic heterocycles. The van der Waals surface area contributed by atoms with Gasteiger partial charge >= 0.3 is 0 Å². The van der Waals surface area contributed by atoms with Gasteiger partial charge in [0.1, 0.15) is 0 Å². The molecule has 0 bridgehead atoms. The zero-order valence-corrected chi connectivity index (χ0v) is 13.6. The lowest BCUT2D eigenvalue weighted by Crippen LogP contribution is -2.50. The Labute approximate surface area is 128 Å². The normalized spacial score (nSPS) is 24.8. The van der Waals surface area contributed by atoms with Crippen molar-refractivity contribution in [3.05, 3.63) is 0 Å². The summed E-state index contributed by atoms with van der Waals surface area (Å²) in [4.78, 5) is 17.1. The Morgan fingerprint density at radius 2 is 1.86 bits per heavy atom. The van der Waals surface area contributed by atoms with Crippen LogP contribution in [0, 0.1) is 11.3 Å². The number of hydrogen-bond donors (Lipinski definition) is 1. The number of ether oxygens (including phenoxy) is 1. The fraction of sp³-hybridized carbons (Fsp3) is 0.938. The van der Waals surface area contributed by atoms with Gasteiger partial charge in [0.05, 0.1) is 18.6 Å². The van der Waals surface area contributed by atoms with Gasteiger partial charge in [-0.05, 0) is 32.1 Å². The van der Waals surface area contributed by atoms with Gasteiger partial charge in [0.25, 0.3) is 0 Å². The Kier molecular flexibility index (Phi) is 6.02. The van der Waals surface area contributed by atoms with Gasteiger partial charge in [-0.3, -0.25) is 9.69 Å². The van der Waals surface area contributed by atoms with Crippen molar-refractivity contribution < 1.29 is 9.53 Å². The van der Waals surface area contributed by atoms with E-state index in [1.807, 2.05) is 11.8 Å². The first-order chi connectivity index (χ1) is 10.1. The number of nitrogens with zero attached hydrogens (tertiary/aromatic N) is 2. The molecule has 0 spiro atoms. The molecular formula is C16H31N3O2. The summed E-state index contributed by atoms with van der Waals surface area (Å²) in [5.74, 6) is 0.968. The van der Waals surface area contributed by atoms with Gasteiger partial charge < -0.3 is 15.4 Å². The van der Waals surface area contributed by atoms with Gasteiger partial charge in [-0.1, -0.05) is 6.92 Å². The third-order valence-electron chi connectivity index (χ3n) is 5.27. The molecule has 2 fully saturated rings. The van der Waals surface area contributed by atoms with E-state index in [0.29, 0.717) is 6.54 Å². The number of carbonyl (C=O) groups is 1. The maximum absolute atomic E-state index is 12.6. The van der Waals surface area contributed by atoms with Crippen LogP contribution < -0.4 is 5.73 Å². The molecule has 1 atom stereocenters. The monoisotopic (exact) mass is 297 g/mol. The number of hydrogen-bond acceptors (Lipinski definition) is 4. The summed E-state index contributed by atoms with van der Waals surface area (Å²) >= 11 is 0. The minimum atomic E-state index is -0.378. The first-order valence-corrected chi connectivity index (χ1v) is 8.38. The molecule has 5 heteroatoms.